The van der Waals surface area contributed by atoms with Crippen LogP contribution < -0.4 is 16.0 Å². The Labute approximate surface area is 249 Å². The smallest absolute Gasteiger partial charge is 0.326 e. The largest absolute Gasteiger partial charge is 0.480 e. The van der Waals surface area contributed by atoms with Crippen molar-refractivity contribution in [2.45, 2.75) is 84.8 Å². The van der Waals surface area contributed by atoms with Crippen molar-refractivity contribution in [3.8, 4) is 0 Å². The first kappa shape index (κ1) is 35.1. The predicted octanol–water partition coefficient (Wildman–Crippen LogP) is 0.0402. The molecule has 238 valence electrons. The lowest BCUT2D eigenvalue weighted by Gasteiger charge is -2.32. The zero-order chi connectivity index (χ0) is 31.6. The third-order valence-electron chi connectivity index (χ3n) is 7.56. The molecule has 2 aliphatic heterocycles. The molecular formula is C29H50N6O7. The van der Waals surface area contributed by atoms with Crippen LogP contribution in [0, 0.1) is 17.8 Å². The van der Waals surface area contributed by atoms with Gasteiger partial charge in [-0.15, -0.1) is 0 Å². The van der Waals surface area contributed by atoms with E-state index in [9.17, 15) is 33.9 Å². The van der Waals surface area contributed by atoms with Crippen LogP contribution in [0.5, 0.6) is 0 Å². The van der Waals surface area contributed by atoms with Crippen molar-refractivity contribution in [3.05, 3.63) is 0 Å². The number of carboxylic acid groups (broad SMARTS) is 1. The summed E-state index contributed by atoms with van der Waals surface area (Å²) in [5.74, 6) is -3.50. The van der Waals surface area contributed by atoms with Gasteiger partial charge in [-0.2, -0.15) is 0 Å². The highest BCUT2D eigenvalue weighted by Crippen LogP contribution is 2.17. The number of hydrogen-bond acceptors (Lipinski definition) is 8. The van der Waals surface area contributed by atoms with Crippen molar-refractivity contribution < 1.29 is 33.9 Å². The Kier molecular flexibility index (Phi) is 13.8. The van der Waals surface area contributed by atoms with Gasteiger partial charge in [0, 0.05) is 45.6 Å². The van der Waals surface area contributed by atoms with Gasteiger partial charge >= 0.3 is 5.97 Å². The van der Waals surface area contributed by atoms with E-state index in [0.29, 0.717) is 6.42 Å². The fourth-order valence-electron chi connectivity index (χ4n) is 5.24. The summed E-state index contributed by atoms with van der Waals surface area (Å²) < 4.78 is 0. The highest BCUT2D eigenvalue weighted by atomic mass is 16.4. The quantitative estimate of drug-likeness (QED) is 0.180. The van der Waals surface area contributed by atoms with E-state index < -0.39 is 35.9 Å². The van der Waals surface area contributed by atoms with E-state index in [0.717, 1.165) is 31.1 Å². The van der Waals surface area contributed by atoms with Gasteiger partial charge in [0.25, 0.3) is 0 Å². The van der Waals surface area contributed by atoms with Gasteiger partial charge in [-0.1, -0.05) is 34.6 Å². The molecule has 5 amide bonds. The Morgan fingerprint density at radius 2 is 1.21 bits per heavy atom. The minimum Gasteiger partial charge on any atom is -0.480 e. The van der Waals surface area contributed by atoms with Gasteiger partial charge in [0.1, 0.15) is 18.1 Å². The topological polar surface area (TPSA) is 168 Å². The molecule has 4 atom stereocenters. The summed E-state index contributed by atoms with van der Waals surface area (Å²) in [6.45, 7) is 12.9. The molecule has 0 radical (unpaired) electrons. The SMILES string of the molecule is CC(C)C[C@H](NC(=O)CN1CCN(C)CC1)C(=O)N[C@@H](CC(C)C)C(=O)NC(CC(C)CN1C(=O)CCC1=O)C(=O)O. The van der Waals surface area contributed by atoms with E-state index in [1.807, 2.05) is 39.6 Å². The summed E-state index contributed by atoms with van der Waals surface area (Å²) in [7, 11) is 2.03. The lowest BCUT2D eigenvalue weighted by molar-refractivity contribution is -0.143. The molecule has 2 fully saturated rings. The zero-order valence-electron chi connectivity index (χ0n) is 26.0. The van der Waals surface area contributed by atoms with Crippen LogP contribution in [-0.2, 0) is 28.8 Å². The molecule has 13 heteroatoms. The van der Waals surface area contributed by atoms with Crippen molar-refractivity contribution in [3.63, 3.8) is 0 Å². The lowest BCUT2D eigenvalue weighted by atomic mass is 9.98. The van der Waals surface area contributed by atoms with E-state index >= 15 is 0 Å². The number of nitrogens with zero attached hydrogens (tertiary/aromatic N) is 3. The number of amides is 5. The Balaban J connectivity index is 2.05. The number of carbonyl (C=O) groups is 6. The average molecular weight is 595 g/mol. The van der Waals surface area contributed by atoms with Crippen LogP contribution in [0.4, 0.5) is 0 Å². The molecule has 2 heterocycles. The molecule has 0 spiro atoms. The zero-order valence-corrected chi connectivity index (χ0v) is 26.0. The fraction of sp³-hybridized carbons (Fsp3) is 0.793. The summed E-state index contributed by atoms with van der Waals surface area (Å²) in [5.41, 5.74) is 0. The van der Waals surface area contributed by atoms with Crippen LogP contribution in [0.25, 0.3) is 0 Å². The van der Waals surface area contributed by atoms with E-state index in [2.05, 4.69) is 20.9 Å². The van der Waals surface area contributed by atoms with Crippen molar-refractivity contribution >= 4 is 35.5 Å². The van der Waals surface area contributed by atoms with Gasteiger partial charge in [-0.25, -0.2) is 4.79 Å². The minimum atomic E-state index is -1.28. The van der Waals surface area contributed by atoms with Crippen molar-refractivity contribution in [1.29, 1.82) is 0 Å². The summed E-state index contributed by atoms with van der Waals surface area (Å²) >= 11 is 0. The van der Waals surface area contributed by atoms with E-state index in [1.54, 1.807) is 6.92 Å². The molecule has 2 rings (SSSR count). The molecule has 0 saturated carbocycles. The standard InChI is InChI=1S/C29H50N6O7/c1-18(2)13-21(30-24(36)17-34-11-9-33(6)10-12-34)27(39)31-22(14-19(3)4)28(40)32-23(29(41)42)15-20(5)16-35-25(37)7-8-26(35)38/h18-23H,7-17H2,1-6H3,(H,30,36)(H,31,39)(H,32,40)(H,41,42)/t20?,21-,22-,23?/m0/s1. The summed E-state index contributed by atoms with van der Waals surface area (Å²) in [5, 5.41) is 18.0. The van der Waals surface area contributed by atoms with Gasteiger partial charge in [0.2, 0.25) is 29.5 Å². The first-order chi connectivity index (χ1) is 19.7. The number of rotatable bonds is 16. The van der Waals surface area contributed by atoms with Crippen LogP contribution in [0.1, 0.15) is 66.7 Å². The van der Waals surface area contributed by atoms with Crippen molar-refractivity contribution in [2.24, 2.45) is 17.8 Å². The monoisotopic (exact) mass is 594 g/mol. The maximum absolute atomic E-state index is 13.4. The number of hydrogen-bond donors (Lipinski definition) is 4. The molecule has 42 heavy (non-hydrogen) atoms. The number of carboxylic acids is 1. The molecule has 0 aliphatic carbocycles. The second kappa shape index (κ2) is 16.5. The van der Waals surface area contributed by atoms with Crippen LogP contribution >= 0.6 is 0 Å². The molecule has 0 aromatic heterocycles. The number of aliphatic carboxylic acids is 1. The van der Waals surface area contributed by atoms with Gasteiger partial charge in [0.05, 0.1) is 6.54 Å². The summed E-state index contributed by atoms with van der Waals surface area (Å²) in [4.78, 5) is 80.9. The molecule has 2 aliphatic rings. The van der Waals surface area contributed by atoms with Crippen molar-refractivity contribution in [1.82, 2.24) is 30.7 Å². The normalized spacial score (nSPS) is 19.5. The summed E-state index contributed by atoms with van der Waals surface area (Å²) in [6, 6.07) is -3.14. The maximum Gasteiger partial charge on any atom is 0.326 e. The number of imide groups is 1. The van der Waals surface area contributed by atoms with E-state index in [1.165, 1.54) is 0 Å². The van der Waals surface area contributed by atoms with E-state index in [4.69, 9.17) is 0 Å². The van der Waals surface area contributed by atoms with Gasteiger partial charge in [0.15, 0.2) is 0 Å². The molecule has 0 aromatic rings. The Hall–Kier alpha value is -3.06. The Morgan fingerprint density at radius 3 is 1.69 bits per heavy atom. The first-order valence-electron chi connectivity index (χ1n) is 15.0. The molecule has 2 unspecified atom stereocenters. The van der Waals surface area contributed by atoms with E-state index in [-0.39, 0.29) is 74.2 Å². The molecule has 0 aromatic carbocycles. The Bertz CT molecular complexity index is 964. The highest BCUT2D eigenvalue weighted by molar-refractivity contribution is 6.02. The Morgan fingerprint density at radius 1 is 0.738 bits per heavy atom. The van der Waals surface area contributed by atoms with Gasteiger partial charge in [-0.3, -0.25) is 33.8 Å². The average Bonchev–Trinajstić information content (AvgIpc) is 3.20. The summed E-state index contributed by atoms with van der Waals surface area (Å²) in [6.07, 6.45) is 0.933. The predicted molar refractivity (Wildman–Crippen MR) is 156 cm³/mol. The van der Waals surface area contributed by atoms with Crippen LogP contribution in [0.3, 0.4) is 0 Å². The third kappa shape index (κ3) is 11.7. The molecule has 2 saturated heterocycles. The van der Waals surface area contributed by atoms with Gasteiger partial charge in [-0.05, 0) is 44.1 Å². The molecule has 13 nitrogen and oxygen atoms in total. The number of piperazine rings is 1. The number of nitrogens with one attached hydrogen (secondary N) is 3. The number of likely N-dealkylation sites (N-methyl/N-ethyl adjacent to an activating group) is 1. The van der Waals surface area contributed by atoms with Crippen LogP contribution in [0.15, 0.2) is 0 Å². The second-order valence-corrected chi connectivity index (χ2v) is 12.7. The van der Waals surface area contributed by atoms with Gasteiger partial charge < -0.3 is 26.0 Å². The molecule has 0 bridgehead atoms. The number of likely N-dealkylation sites (tertiary alicyclic amines) is 1. The molecular weight excluding hydrogens is 544 g/mol. The third-order valence-corrected chi connectivity index (χ3v) is 7.56. The first-order valence-corrected chi connectivity index (χ1v) is 15.0. The number of carbonyl (C=O) groups excluding carboxylic acids is 5. The van der Waals surface area contributed by atoms with Crippen LogP contribution in [-0.4, -0.2) is 120 Å². The van der Waals surface area contributed by atoms with Crippen LogP contribution in [0.2, 0.25) is 0 Å². The fourth-order valence-corrected chi connectivity index (χ4v) is 5.24. The molecule has 4 N–H and O–H groups in total. The lowest BCUT2D eigenvalue weighted by Crippen LogP contribution is -2.57. The minimum absolute atomic E-state index is 0.00119. The van der Waals surface area contributed by atoms with Crippen molar-refractivity contribution in [2.75, 3.05) is 46.3 Å². The highest BCUT2D eigenvalue weighted by Gasteiger charge is 2.34. The second-order valence-electron chi connectivity index (χ2n) is 12.7. The maximum atomic E-state index is 13.4.